The largest absolute Gasteiger partial charge is 0.393 e. The molecule has 0 aromatic heterocycles. The predicted molar refractivity (Wildman–Crippen MR) is 88.2 cm³/mol. The van der Waals surface area contributed by atoms with Gasteiger partial charge in [-0.15, -0.1) is 0 Å². The van der Waals surface area contributed by atoms with Gasteiger partial charge >= 0.3 is 0 Å². The minimum Gasteiger partial charge on any atom is -0.393 e. The number of rotatable bonds is 0. The van der Waals surface area contributed by atoms with Crippen molar-refractivity contribution in [2.75, 3.05) is 0 Å². The van der Waals surface area contributed by atoms with Gasteiger partial charge in [-0.1, -0.05) is 48.8 Å². The van der Waals surface area contributed by atoms with Gasteiger partial charge in [-0.05, 0) is 50.9 Å². The van der Waals surface area contributed by atoms with Gasteiger partial charge < -0.3 is 10.2 Å². The Balaban J connectivity index is 1.83. The molecule has 2 saturated carbocycles. The zero-order valence-electron chi connectivity index (χ0n) is 14.0. The van der Waals surface area contributed by atoms with Crippen LogP contribution in [-0.2, 0) is 0 Å². The number of allylic oxidation sites excluding steroid dienone is 4. The number of fused-ring (bicyclic) bond motifs is 5. The summed E-state index contributed by atoms with van der Waals surface area (Å²) in [5.41, 5.74) is 4.56. The van der Waals surface area contributed by atoms with Crippen LogP contribution in [0.3, 0.4) is 0 Å². The molecule has 22 heavy (non-hydrogen) atoms. The molecule has 4 aliphatic rings. The SMILES string of the molecule is CC1=C2[C@@H]3CC[C@H](O)[C@@]3(C)CC[C@@H]2[C@@]2(C)C=C[C@H](O)CC2=C1. The molecule has 2 N–H and O–H groups in total. The molecule has 0 aromatic rings. The molecule has 0 unspecified atom stereocenters. The minimum atomic E-state index is -0.323. The third-order valence-corrected chi connectivity index (χ3v) is 7.36. The highest BCUT2D eigenvalue weighted by atomic mass is 16.3. The molecule has 0 saturated heterocycles. The molecule has 120 valence electrons. The Hall–Kier alpha value is -0.860. The van der Waals surface area contributed by atoms with E-state index in [2.05, 4.69) is 32.9 Å². The molecule has 2 fully saturated rings. The van der Waals surface area contributed by atoms with Crippen LogP contribution in [-0.4, -0.2) is 22.4 Å². The van der Waals surface area contributed by atoms with Crippen LogP contribution in [0.5, 0.6) is 0 Å². The highest BCUT2D eigenvalue weighted by molar-refractivity contribution is 5.46. The van der Waals surface area contributed by atoms with Crippen LogP contribution in [0, 0.1) is 22.7 Å². The lowest BCUT2D eigenvalue weighted by Gasteiger charge is -2.53. The second-order valence-electron chi connectivity index (χ2n) is 8.46. The maximum Gasteiger partial charge on any atom is 0.0758 e. The van der Waals surface area contributed by atoms with Crippen molar-refractivity contribution in [2.45, 2.75) is 65.1 Å². The summed E-state index contributed by atoms with van der Waals surface area (Å²) in [4.78, 5) is 0. The van der Waals surface area contributed by atoms with Crippen LogP contribution >= 0.6 is 0 Å². The maximum absolute atomic E-state index is 10.5. The summed E-state index contributed by atoms with van der Waals surface area (Å²) in [6.07, 6.45) is 11.3. The summed E-state index contributed by atoms with van der Waals surface area (Å²) in [6.45, 7) is 6.90. The normalized spacial score (nSPS) is 50.3. The summed E-state index contributed by atoms with van der Waals surface area (Å²) in [7, 11) is 0. The van der Waals surface area contributed by atoms with E-state index in [9.17, 15) is 10.2 Å². The lowest BCUT2D eigenvalue weighted by Crippen LogP contribution is -2.46. The molecule has 0 aromatic carbocycles. The monoisotopic (exact) mass is 300 g/mol. The molecular weight excluding hydrogens is 272 g/mol. The van der Waals surface area contributed by atoms with E-state index in [0.717, 1.165) is 32.1 Å². The Bertz CT molecular complexity index is 599. The first-order valence-electron chi connectivity index (χ1n) is 8.83. The smallest absolute Gasteiger partial charge is 0.0758 e. The van der Waals surface area contributed by atoms with Crippen LogP contribution in [0.25, 0.3) is 0 Å². The van der Waals surface area contributed by atoms with Gasteiger partial charge in [0, 0.05) is 10.8 Å². The molecule has 0 amide bonds. The van der Waals surface area contributed by atoms with E-state index < -0.39 is 0 Å². The van der Waals surface area contributed by atoms with E-state index in [0.29, 0.717) is 11.8 Å². The zero-order valence-corrected chi connectivity index (χ0v) is 14.0. The average molecular weight is 300 g/mol. The van der Waals surface area contributed by atoms with Crippen molar-refractivity contribution < 1.29 is 10.2 Å². The number of aliphatic hydroxyl groups excluding tert-OH is 2. The summed E-state index contributed by atoms with van der Waals surface area (Å²) >= 11 is 0. The fraction of sp³-hybridized carbons (Fsp3) is 0.700. The highest BCUT2D eigenvalue weighted by Gasteiger charge is 2.56. The molecule has 2 heteroatoms. The van der Waals surface area contributed by atoms with E-state index in [4.69, 9.17) is 0 Å². The molecule has 4 aliphatic carbocycles. The van der Waals surface area contributed by atoms with Crippen LogP contribution in [0.4, 0.5) is 0 Å². The summed E-state index contributed by atoms with van der Waals surface area (Å²) in [5, 5.41) is 20.5. The van der Waals surface area contributed by atoms with E-state index in [-0.39, 0.29) is 23.0 Å². The molecule has 0 spiro atoms. The first-order chi connectivity index (χ1) is 10.4. The van der Waals surface area contributed by atoms with Crippen molar-refractivity contribution in [1.82, 2.24) is 0 Å². The molecule has 0 radical (unpaired) electrons. The fourth-order valence-electron chi connectivity index (χ4n) is 5.92. The van der Waals surface area contributed by atoms with Crippen molar-refractivity contribution in [1.29, 1.82) is 0 Å². The topological polar surface area (TPSA) is 40.5 Å². The van der Waals surface area contributed by atoms with E-state index in [1.54, 1.807) is 5.57 Å². The molecule has 0 bridgehead atoms. The Labute approximate surface area is 133 Å². The Morgan fingerprint density at radius 2 is 1.86 bits per heavy atom. The van der Waals surface area contributed by atoms with Gasteiger partial charge in [0.1, 0.15) is 0 Å². The van der Waals surface area contributed by atoms with E-state index in [1.807, 2.05) is 6.08 Å². The second kappa shape index (κ2) is 4.58. The van der Waals surface area contributed by atoms with Crippen LogP contribution < -0.4 is 0 Å². The molecule has 2 nitrogen and oxygen atoms in total. The minimum absolute atomic E-state index is 0.0724. The molecule has 4 rings (SSSR count). The van der Waals surface area contributed by atoms with Crippen molar-refractivity contribution >= 4 is 0 Å². The summed E-state index contributed by atoms with van der Waals surface area (Å²) in [5.74, 6) is 1.09. The van der Waals surface area contributed by atoms with Gasteiger partial charge in [-0.2, -0.15) is 0 Å². The third kappa shape index (κ3) is 1.74. The second-order valence-corrected chi connectivity index (χ2v) is 8.46. The molecule has 6 atom stereocenters. The molecule has 0 aliphatic heterocycles. The van der Waals surface area contributed by atoms with Crippen LogP contribution in [0.1, 0.15) is 52.9 Å². The lowest BCUT2D eigenvalue weighted by molar-refractivity contribution is 0.0121. The standard InChI is InChI=1S/C20H28O2/c1-12-10-13-11-14(21)6-8-19(13,2)16-7-9-20(3)15(18(12)16)4-5-17(20)22/h6,8,10,14-17,21-22H,4-5,7,9,11H2,1-3H3/t14-,15-,16-,17-,19-,20-/m0/s1. The number of aliphatic hydroxyl groups is 2. The van der Waals surface area contributed by atoms with E-state index >= 15 is 0 Å². The van der Waals surface area contributed by atoms with Crippen LogP contribution in [0.2, 0.25) is 0 Å². The fourth-order valence-corrected chi connectivity index (χ4v) is 5.92. The summed E-state index contributed by atoms with van der Waals surface area (Å²) < 4.78 is 0. The van der Waals surface area contributed by atoms with Gasteiger partial charge in [0.05, 0.1) is 12.2 Å². The van der Waals surface area contributed by atoms with Crippen molar-refractivity contribution in [2.24, 2.45) is 22.7 Å². The van der Waals surface area contributed by atoms with Crippen molar-refractivity contribution in [3.63, 3.8) is 0 Å². The zero-order chi connectivity index (χ0) is 15.7. The Kier molecular flexibility index (Phi) is 3.06. The van der Waals surface area contributed by atoms with Gasteiger partial charge in [0.15, 0.2) is 0 Å². The highest BCUT2D eigenvalue weighted by Crippen LogP contribution is 2.63. The average Bonchev–Trinajstić information content (AvgIpc) is 2.77. The van der Waals surface area contributed by atoms with Crippen molar-refractivity contribution in [3.8, 4) is 0 Å². The van der Waals surface area contributed by atoms with Crippen molar-refractivity contribution in [3.05, 3.63) is 34.9 Å². The van der Waals surface area contributed by atoms with Gasteiger partial charge in [0.25, 0.3) is 0 Å². The quantitative estimate of drug-likeness (QED) is 0.669. The maximum atomic E-state index is 10.5. The molecular formula is C20H28O2. The number of hydrogen-bond donors (Lipinski definition) is 2. The van der Waals surface area contributed by atoms with E-state index in [1.165, 1.54) is 11.1 Å². The first kappa shape index (κ1) is 14.7. The van der Waals surface area contributed by atoms with Crippen LogP contribution in [0.15, 0.2) is 34.9 Å². The van der Waals surface area contributed by atoms with Gasteiger partial charge in [-0.25, -0.2) is 0 Å². The lowest BCUT2D eigenvalue weighted by atomic mass is 9.51. The Morgan fingerprint density at radius 3 is 2.64 bits per heavy atom. The first-order valence-corrected chi connectivity index (χ1v) is 8.83. The summed E-state index contributed by atoms with van der Waals surface area (Å²) in [6, 6.07) is 0. The third-order valence-electron chi connectivity index (χ3n) is 7.36. The number of hydrogen-bond acceptors (Lipinski definition) is 2. The van der Waals surface area contributed by atoms with Gasteiger partial charge in [-0.3, -0.25) is 0 Å². The van der Waals surface area contributed by atoms with Gasteiger partial charge in [0.2, 0.25) is 0 Å². The Morgan fingerprint density at radius 1 is 1.09 bits per heavy atom. The molecule has 0 heterocycles. The predicted octanol–water partition coefficient (Wildman–Crippen LogP) is 3.76.